The van der Waals surface area contributed by atoms with Crippen molar-refractivity contribution in [2.45, 2.75) is 11.8 Å². The Kier molecular flexibility index (Phi) is 3.90. The average Bonchev–Trinajstić information content (AvgIpc) is 2.96. The summed E-state index contributed by atoms with van der Waals surface area (Å²) < 4.78 is 1.07. The number of carbonyl (C=O) groups excluding carboxylic acids is 1. The quantitative estimate of drug-likeness (QED) is 0.484. The van der Waals surface area contributed by atoms with Crippen LogP contribution in [0.4, 0.5) is 0 Å². The van der Waals surface area contributed by atoms with Crippen molar-refractivity contribution in [3.05, 3.63) is 65.0 Å². The Morgan fingerprint density at radius 3 is 2.65 bits per heavy atom. The summed E-state index contributed by atoms with van der Waals surface area (Å²) in [6.07, 6.45) is 0. The molecule has 1 nitrogen and oxygen atoms in total. The molecule has 0 fully saturated rings. The number of hydrogen-bond acceptors (Lipinski definition) is 3. The lowest BCUT2D eigenvalue weighted by atomic mass is 10.0. The van der Waals surface area contributed by atoms with E-state index in [0.717, 1.165) is 27.0 Å². The highest BCUT2D eigenvalue weighted by molar-refractivity contribution is 7.99. The molecule has 0 aliphatic rings. The van der Waals surface area contributed by atoms with Crippen molar-refractivity contribution >= 4 is 39.0 Å². The summed E-state index contributed by atoms with van der Waals surface area (Å²) in [7, 11) is 0. The van der Waals surface area contributed by atoms with E-state index in [1.54, 1.807) is 23.1 Å². The zero-order valence-corrected chi connectivity index (χ0v) is 12.8. The SMILES string of the molecule is CCSc1ccc(C(=O)c2cccc3ccsc23)cc1. The summed E-state index contributed by atoms with van der Waals surface area (Å²) in [4.78, 5) is 13.8. The van der Waals surface area contributed by atoms with Crippen molar-refractivity contribution in [2.24, 2.45) is 0 Å². The van der Waals surface area contributed by atoms with E-state index < -0.39 is 0 Å². The highest BCUT2D eigenvalue weighted by Gasteiger charge is 2.13. The van der Waals surface area contributed by atoms with Gasteiger partial charge in [-0.15, -0.1) is 23.1 Å². The maximum Gasteiger partial charge on any atom is 0.194 e. The molecule has 3 heteroatoms. The third-order valence-electron chi connectivity index (χ3n) is 3.15. The van der Waals surface area contributed by atoms with Crippen LogP contribution in [-0.4, -0.2) is 11.5 Å². The molecule has 0 spiro atoms. The van der Waals surface area contributed by atoms with Crippen LogP contribution in [0.25, 0.3) is 10.1 Å². The molecule has 2 aromatic carbocycles. The Labute approximate surface area is 126 Å². The first-order valence-corrected chi connectivity index (χ1v) is 8.40. The molecule has 0 saturated carbocycles. The van der Waals surface area contributed by atoms with E-state index in [1.165, 1.54) is 4.90 Å². The molecule has 0 bridgehead atoms. The normalized spacial score (nSPS) is 10.8. The molecular formula is C17H14OS2. The number of ketones is 1. The van der Waals surface area contributed by atoms with Gasteiger partial charge in [-0.1, -0.05) is 19.1 Å². The molecule has 0 N–H and O–H groups in total. The molecule has 20 heavy (non-hydrogen) atoms. The van der Waals surface area contributed by atoms with Crippen molar-refractivity contribution in [1.82, 2.24) is 0 Å². The van der Waals surface area contributed by atoms with Crippen LogP contribution in [-0.2, 0) is 0 Å². The Morgan fingerprint density at radius 2 is 1.90 bits per heavy atom. The highest BCUT2D eigenvalue weighted by Crippen LogP contribution is 2.27. The van der Waals surface area contributed by atoms with E-state index in [1.807, 2.05) is 47.8 Å². The van der Waals surface area contributed by atoms with E-state index in [2.05, 4.69) is 13.0 Å². The summed E-state index contributed by atoms with van der Waals surface area (Å²) in [5.41, 5.74) is 1.56. The minimum absolute atomic E-state index is 0.103. The zero-order chi connectivity index (χ0) is 13.9. The Bertz CT molecular complexity index is 741. The largest absolute Gasteiger partial charge is 0.289 e. The van der Waals surface area contributed by atoms with Crippen molar-refractivity contribution in [3.63, 3.8) is 0 Å². The van der Waals surface area contributed by atoms with Crippen LogP contribution in [0.5, 0.6) is 0 Å². The van der Waals surface area contributed by atoms with E-state index in [9.17, 15) is 4.79 Å². The molecular weight excluding hydrogens is 284 g/mol. The van der Waals surface area contributed by atoms with Crippen LogP contribution in [0.3, 0.4) is 0 Å². The minimum Gasteiger partial charge on any atom is -0.289 e. The predicted octanol–water partition coefficient (Wildman–Crippen LogP) is 5.24. The van der Waals surface area contributed by atoms with Gasteiger partial charge in [0.25, 0.3) is 0 Å². The fourth-order valence-corrected chi connectivity index (χ4v) is 3.77. The number of hydrogen-bond donors (Lipinski definition) is 0. The van der Waals surface area contributed by atoms with Crippen LogP contribution in [0.15, 0.2) is 58.8 Å². The Hall–Kier alpha value is -1.58. The molecule has 100 valence electrons. The lowest BCUT2D eigenvalue weighted by Gasteiger charge is -2.04. The third-order valence-corrected chi connectivity index (χ3v) is 5.01. The van der Waals surface area contributed by atoms with Gasteiger partial charge >= 0.3 is 0 Å². The second-order valence-electron chi connectivity index (χ2n) is 4.43. The van der Waals surface area contributed by atoms with Gasteiger partial charge in [-0.25, -0.2) is 0 Å². The third kappa shape index (κ3) is 2.51. The fraction of sp³-hybridized carbons (Fsp3) is 0.118. The maximum absolute atomic E-state index is 12.6. The molecule has 0 saturated heterocycles. The number of rotatable bonds is 4. The number of fused-ring (bicyclic) bond motifs is 1. The minimum atomic E-state index is 0.103. The first-order chi connectivity index (χ1) is 9.79. The second-order valence-corrected chi connectivity index (χ2v) is 6.68. The summed E-state index contributed by atoms with van der Waals surface area (Å²) in [5.74, 6) is 1.15. The van der Waals surface area contributed by atoms with Crippen LogP contribution in [0, 0.1) is 0 Å². The summed E-state index contributed by atoms with van der Waals surface area (Å²) in [5, 5.41) is 3.17. The van der Waals surface area contributed by atoms with Crippen LogP contribution < -0.4 is 0 Å². The lowest BCUT2D eigenvalue weighted by Crippen LogP contribution is -2.01. The van der Waals surface area contributed by atoms with Gasteiger partial charge in [0.2, 0.25) is 0 Å². The van der Waals surface area contributed by atoms with Gasteiger partial charge in [0.15, 0.2) is 5.78 Å². The standard InChI is InChI=1S/C17H14OS2/c1-2-19-14-8-6-12(7-9-14)16(18)15-5-3-4-13-10-11-20-17(13)15/h3-11H,2H2,1H3. The van der Waals surface area contributed by atoms with Crippen molar-refractivity contribution in [3.8, 4) is 0 Å². The molecule has 3 rings (SSSR count). The zero-order valence-electron chi connectivity index (χ0n) is 11.1. The molecule has 0 radical (unpaired) electrons. The number of thiophene rings is 1. The van der Waals surface area contributed by atoms with Gasteiger partial charge in [-0.3, -0.25) is 4.79 Å². The van der Waals surface area contributed by atoms with Crippen molar-refractivity contribution in [2.75, 3.05) is 5.75 Å². The average molecular weight is 298 g/mol. The van der Waals surface area contributed by atoms with E-state index in [4.69, 9.17) is 0 Å². The van der Waals surface area contributed by atoms with Gasteiger partial charge in [-0.05, 0) is 52.9 Å². The van der Waals surface area contributed by atoms with Gasteiger partial charge in [0.05, 0.1) is 0 Å². The maximum atomic E-state index is 12.6. The van der Waals surface area contributed by atoms with E-state index >= 15 is 0 Å². The van der Waals surface area contributed by atoms with Crippen LogP contribution in [0.2, 0.25) is 0 Å². The van der Waals surface area contributed by atoms with Gasteiger partial charge < -0.3 is 0 Å². The monoisotopic (exact) mass is 298 g/mol. The number of carbonyl (C=O) groups is 1. The second kappa shape index (κ2) is 5.81. The summed E-state index contributed by atoms with van der Waals surface area (Å²) in [6.45, 7) is 2.13. The molecule has 0 unspecified atom stereocenters. The Morgan fingerprint density at radius 1 is 1.10 bits per heavy atom. The van der Waals surface area contributed by atoms with Crippen LogP contribution >= 0.6 is 23.1 Å². The molecule has 3 aromatic rings. The van der Waals surface area contributed by atoms with E-state index in [0.29, 0.717) is 0 Å². The van der Waals surface area contributed by atoms with Gasteiger partial charge in [0.1, 0.15) is 0 Å². The molecule has 0 amide bonds. The fourth-order valence-electron chi connectivity index (χ4n) is 2.20. The molecule has 1 aromatic heterocycles. The molecule has 0 atom stereocenters. The molecule has 0 aliphatic heterocycles. The Balaban J connectivity index is 1.97. The predicted molar refractivity (Wildman–Crippen MR) is 88.1 cm³/mol. The van der Waals surface area contributed by atoms with Crippen molar-refractivity contribution < 1.29 is 4.79 Å². The summed E-state index contributed by atoms with van der Waals surface area (Å²) in [6, 6.07) is 15.9. The van der Waals surface area contributed by atoms with E-state index in [-0.39, 0.29) is 5.78 Å². The van der Waals surface area contributed by atoms with Gasteiger partial charge in [0, 0.05) is 20.7 Å². The lowest BCUT2D eigenvalue weighted by molar-refractivity contribution is 0.104. The first kappa shape index (κ1) is 13.4. The topological polar surface area (TPSA) is 17.1 Å². The smallest absolute Gasteiger partial charge is 0.194 e. The molecule has 0 aliphatic carbocycles. The highest BCUT2D eigenvalue weighted by atomic mass is 32.2. The number of thioether (sulfide) groups is 1. The summed E-state index contributed by atoms with van der Waals surface area (Å²) >= 11 is 3.41. The first-order valence-electron chi connectivity index (χ1n) is 6.53. The van der Waals surface area contributed by atoms with Gasteiger partial charge in [-0.2, -0.15) is 0 Å². The molecule has 1 heterocycles. The van der Waals surface area contributed by atoms with Crippen LogP contribution in [0.1, 0.15) is 22.8 Å². The van der Waals surface area contributed by atoms with Crippen molar-refractivity contribution in [1.29, 1.82) is 0 Å². The number of benzene rings is 2.